The van der Waals surface area contributed by atoms with Crippen molar-refractivity contribution in [2.24, 2.45) is 5.92 Å². The molecule has 0 saturated carbocycles. The minimum absolute atomic E-state index is 0.0342. The third kappa shape index (κ3) is 6.36. The summed E-state index contributed by atoms with van der Waals surface area (Å²) < 4.78 is 6.40. The number of likely N-dealkylation sites (N-methyl/N-ethyl adjacent to an activating group) is 1. The summed E-state index contributed by atoms with van der Waals surface area (Å²) in [6.07, 6.45) is 9.10. The van der Waals surface area contributed by atoms with E-state index >= 15 is 0 Å². The van der Waals surface area contributed by atoms with Crippen LogP contribution in [0.2, 0.25) is 0 Å². The monoisotopic (exact) mass is 486 g/mol. The summed E-state index contributed by atoms with van der Waals surface area (Å²) in [6, 6.07) is 15.5. The van der Waals surface area contributed by atoms with Gasteiger partial charge in [0, 0.05) is 44.1 Å². The minimum atomic E-state index is -0.316. The molecule has 0 unspecified atom stereocenters. The van der Waals surface area contributed by atoms with Gasteiger partial charge in [0.1, 0.15) is 11.7 Å². The largest absolute Gasteiger partial charge is 0.472 e. The number of rotatable bonds is 8. The normalized spacial score (nSPS) is 19.0. The number of fused-ring (bicyclic) bond motifs is 1. The lowest BCUT2D eigenvalue weighted by molar-refractivity contribution is 0.0325. The van der Waals surface area contributed by atoms with Gasteiger partial charge in [-0.1, -0.05) is 55.5 Å². The number of aliphatic hydroxyl groups excluding tert-OH is 1. The standard InChI is InChI=1S/C29H34N4O3/c1-21-17-33(22(2)20-34)29(35)26-14-24(12-11-23-8-5-4-6-9-23)16-31-28(26)36-27(21)19-32(3)18-25-10-7-13-30-15-25/h4-16,21-22,27,34H,17-20H2,1-3H3/b12-11+/t21-,22+,27-/m0/s1. The number of nitrogens with zero attached hydrogens (tertiary/aromatic N) is 4. The summed E-state index contributed by atoms with van der Waals surface area (Å²) in [5, 5.41) is 9.88. The van der Waals surface area contributed by atoms with Crippen LogP contribution in [0.4, 0.5) is 0 Å². The fourth-order valence-electron chi connectivity index (χ4n) is 4.36. The van der Waals surface area contributed by atoms with Crippen molar-refractivity contribution >= 4 is 18.1 Å². The Kier molecular flexibility index (Phi) is 8.46. The maximum Gasteiger partial charge on any atom is 0.259 e. The van der Waals surface area contributed by atoms with Gasteiger partial charge >= 0.3 is 0 Å². The molecule has 0 spiro atoms. The zero-order valence-electron chi connectivity index (χ0n) is 21.1. The quantitative estimate of drug-likeness (QED) is 0.519. The number of ether oxygens (including phenoxy) is 1. The molecule has 3 atom stereocenters. The number of aromatic nitrogens is 2. The maximum absolute atomic E-state index is 13.6. The molecule has 7 heteroatoms. The van der Waals surface area contributed by atoms with Crippen molar-refractivity contribution < 1.29 is 14.6 Å². The highest BCUT2D eigenvalue weighted by molar-refractivity contribution is 5.97. The molecule has 3 aromatic rings. The summed E-state index contributed by atoms with van der Waals surface area (Å²) in [5.41, 5.74) is 3.41. The molecular weight excluding hydrogens is 452 g/mol. The molecule has 0 bridgehead atoms. The van der Waals surface area contributed by atoms with E-state index in [1.54, 1.807) is 17.3 Å². The van der Waals surface area contributed by atoms with E-state index in [1.165, 1.54) is 0 Å². The number of amides is 1. The molecule has 1 aliphatic rings. The predicted octanol–water partition coefficient (Wildman–Crippen LogP) is 4.00. The third-order valence-electron chi connectivity index (χ3n) is 6.48. The topological polar surface area (TPSA) is 78.8 Å². The predicted molar refractivity (Wildman–Crippen MR) is 141 cm³/mol. The summed E-state index contributed by atoms with van der Waals surface area (Å²) in [4.78, 5) is 26.3. The second kappa shape index (κ2) is 11.9. The van der Waals surface area contributed by atoms with Gasteiger partial charge in [-0.2, -0.15) is 0 Å². The second-order valence-electron chi connectivity index (χ2n) is 9.55. The summed E-state index contributed by atoms with van der Waals surface area (Å²) >= 11 is 0. The molecule has 4 rings (SSSR count). The van der Waals surface area contributed by atoms with Crippen molar-refractivity contribution in [3.05, 3.63) is 89.4 Å². The highest BCUT2D eigenvalue weighted by atomic mass is 16.5. The van der Waals surface area contributed by atoms with Crippen molar-refractivity contribution in [1.29, 1.82) is 0 Å². The lowest BCUT2D eigenvalue weighted by Gasteiger charge is -2.37. The molecule has 188 valence electrons. The molecule has 36 heavy (non-hydrogen) atoms. The van der Waals surface area contributed by atoms with Crippen LogP contribution in [0.25, 0.3) is 12.2 Å². The first-order chi connectivity index (χ1) is 17.4. The van der Waals surface area contributed by atoms with Gasteiger partial charge in [0.2, 0.25) is 5.88 Å². The van der Waals surface area contributed by atoms with E-state index in [2.05, 4.69) is 27.9 Å². The van der Waals surface area contributed by atoms with Crippen LogP contribution in [-0.2, 0) is 6.54 Å². The van der Waals surface area contributed by atoms with Crippen LogP contribution in [0, 0.1) is 5.92 Å². The number of pyridine rings is 2. The van der Waals surface area contributed by atoms with Crippen LogP contribution < -0.4 is 4.74 Å². The fourth-order valence-corrected chi connectivity index (χ4v) is 4.36. The van der Waals surface area contributed by atoms with Gasteiger partial charge in [0.05, 0.1) is 12.6 Å². The van der Waals surface area contributed by atoms with Gasteiger partial charge < -0.3 is 14.7 Å². The minimum Gasteiger partial charge on any atom is -0.472 e. The molecule has 0 aliphatic carbocycles. The van der Waals surface area contributed by atoms with Crippen LogP contribution >= 0.6 is 0 Å². The van der Waals surface area contributed by atoms with Crippen molar-refractivity contribution in [2.45, 2.75) is 32.5 Å². The van der Waals surface area contributed by atoms with Crippen LogP contribution in [0.3, 0.4) is 0 Å². The first-order valence-corrected chi connectivity index (χ1v) is 12.3. The lowest BCUT2D eigenvalue weighted by Crippen LogP contribution is -2.49. The van der Waals surface area contributed by atoms with Gasteiger partial charge in [0.15, 0.2) is 0 Å². The number of aliphatic hydroxyl groups is 1. The van der Waals surface area contributed by atoms with E-state index in [4.69, 9.17) is 4.74 Å². The van der Waals surface area contributed by atoms with Crippen LogP contribution in [0.15, 0.2) is 67.1 Å². The first-order valence-electron chi connectivity index (χ1n) is 12.3. The fraction of sp³-hybridized carbons (Fsp3) is 0.345. The van der Waals surface area contributed by atoms with Crippen LogP contribution in [0.1, 0.15) is 40.9 Å². The number of hydrogen-bond acceptors (Lipinski definition) is 6. The van der Waals surface area contributed by atoms with Gasteiger partial charge in [0.25, 0.3) is 5.91 Å². The number of benzene rings is 1. The van der Waals surface area contributed by atoms with E-state index in [9.17, 15) is 9.90 Å². The molecule has 1 N–H and O–H groups in total. The molecule has 1 aromatic carbocycles. The Morgan fingerprint density at radius 3 is 2.67 bits per heavy atom. The zero-order chi connectivity index (χ0) is 25.5. The highest BCUT2D eigenvalue weighted by Crippen LogP contribution is 2.28. The first kappa shape index (κ1) is 25.5. The van der Waals surface area contributed by atoms with E-state index in [-0.39, 0.29) is 30.6 Å². The Hall–Kier alpha value is -3.55. The molecule has 1 amide bonds. The van der Waals surface area contributed by atoms with Crippen molar-refractivity contribution in [1.82, 2.24) is 19.8 Å². The summed E-state index contributed by atoms with van der Waals surface area (Å²) in [5.74, 6) is 0.188. The molecule has 2 aromatic heterocycles. The highest BCUT2D eigenvalue weighted by Gasteiger charge is 2.34. The van der Waals surface area contributed by atoms with Crippen LogP contribution in [0.5, 0.6) is 5.88 Å². The van der Waals surface area contributed by atoms with Crippen molar-refractivity contribution in [2.75, 3.05) is 26.7 Å². The van der Waals surface area contributed by atoms with Crippen molar-refractivity contribution in [3.63, 3.8) is 0 Å². The number of carbonyl (C=O) groups is 1. The molecule has 0 saturated heterocycles. The Morgan fingerprint density at radius 1 is 1.17 bits per heavy atom. The van der Waals surface area contributed by atoms with E-state index in [0.717, 1.165) is 23.2 Å². The van der Waals surface area contributed by atoms with Gasteiger partial charge in [-0.05, 0) is 42.8 Å². The number of hydrogen-bond donors (Lipinski definition) is 1. The lowest BCUT2D eigenvalue weighted by atomic mass is 9.99. The van der Waals surface area contributed by atoms with E-state index in [1.807, 2.05) is 74.8 Å². The molecule has 0 radical (unpaired) electrons. The van der Waals surface area contributed by atoms with E-state index in [0.29, 0.717) is 24.5 Å². The molecule has 3 heterocycles. The SMILES string of the molecule is C[C@H](CO)N1C[C@H](C)[C@H](CN(C)Cc2cccnc2)Oc2ncc(/C=C/c3ccccc3)cc2C1=O. The smallest absolute Gasteiger partial charge is 0.259 e. The van der Waals surface area contributed by atoms with Crippen molar-refractivity contribution in [3.8, 4) is 5.88 Å². The van der Waals surface area contributed by atoms with Gasteiger partial charge in [-0.3, -0.25) is 14.7 Å². The molecule has 1 aliphatic heterocycles. The summed E-state index contributed by atoms with van der Waals surface area (Å²) in [7, 11) is 2.05. The molecule has 7 nitrogen and oxygen atoms in total. The Labute approximate surface area is 213 Å². The van der Waals surface area contributed by atoms with Gasteiger partial charge in [-0.15, -0.1) is 0 Å². The average molecular weight is 487 g/mol. The Bertz CT molecular complexity index is 1170. The van der Waals surface area contributed by atoms with Gasteiger partial charge in [-0.25, -0.2) is 4.98 Å². The average Bonchev–Trinajstić information content (AvgIpc) is 2.90. The Morgan fingerprint density at radius 2 is 1.94 bits per heavy atom. The maximum atomic E-state index is 13.6. The third-order valence-corrected chi connectivity index (χ3v) is 6.48. The van der Waals surface area contributed by atoms with E-state index < -0.39 is 0 Å². The molecule has 0 fully saturated rings. The van der Waals surface area contributed by atoms with Crippen LogP contribution in [-0.4, -0.2) is 69.7 Å². The number of carbonyl (C=O) groups excluding carboxylic acids is 1. The molecular formula is C29H34N4O3. The summed E-state index contributed by atoms with van der Waals surface area (Å²) in [6.45, 7) is 5.70. The Balaban J connectivity index is 1.61. The zero-order valence-corrected chi connectivity index (χ0v) is 21.1. The second-order valence-corrected chi connectivity index (χ2v) is 9.55.